The van der Waals surface area contributed by atoms with Crippen LogP contribution in [0.1, 0.15) is 29.5 Å². The van der Waals surface area contributed by atoms with Crippen molar-refractivity contribution in [3.8, 4) is 11.5 Å². The second kappa shape index (κ2) is 7.07. The lowest BCUT2D eigenvalue weighted by Crippen LogP contribution is -2.29. The molecule has 0 fully saturated rings. The third kappa shape index (κ3) is 2.96. The molecule has 2 aliphatic rings. The van der Waals surface area contributed by atoms with Gasteiger partial charge in [-0.1, -0.05) is 66.7 Å². The van der Waals surface area contributed by atoms with Crippen LogP contribution >= 0.6 is 0 Å². The molecule has 2 nitrogen and oxygen atoms in total. The standard InChI is InChI=1S/C28H23NO/c1-2-9-22(10-3-1)30-23-15-16-27-26(18-23)24-11-6-12-25(24)28(29-27)21-14-13-19-7-4-5-8-20(19)17-21/h1-11,13-18,24-25,28-29H,12H2. The van der Waals surface area contributed by atoms with Crippen molar-refractivity contribution in [2.45, 2.75) is 18.4 Å². The zero-order chi connectivity index (χ0) is 19.9. The van der Waals surface area contributed by atoms with Gasteiger partial charge in [-0.15, -0.1) is 0 Å². The molecule has 4 aromatic carbocycles. The number of para-hydroxylation sites is 1. The lowest BCUT2D eigenvalue weighted by molar-refractivity contribution is 0.422. The highest BCUT2D eigenvalue weighted by Gasteiger charge is 2.38. The molecule has 1 aliphatic heterocycles. The summed E-state index contributed by atoms with van der Waals surface area (Å²) in [6, 6.07) is 32.2. The second-order valence-corrected chi connectivity index (χ2v) is 8.25. The van der Waals surface area contributed by atoms with Crippen LogP contribution in [0.25, 0.3) is 10.8 Å². The van der Waals surface area contributed by atoms with E-state index in [1.165, 1.54) is 27.6 Å². The van der Waals surface area contributed by atoms with E-state index in [0.717, 1.165) is 17.9 Å². The van der Waals surface area contributed by atoms with Gasteiger partial charge in [0.1, 0.15) is 11.5 Å². The molecule has 146 valence electrons. The van der Waals surface area contributed by atoms with Crippen LogP contribution in [0.5, 0.6) is 11.5 Å². The van der Waals surface area contributed by atoms with Crippen LogP contribution in [0.4, 0.5) is 5.69 Å². The first-order valence-corrected chi connectivity index (χ1v) is 10.6. The Balaban J connectivity index is 1.36. The van der Waals surface area contributed by atoms with E-state index in [-0.39, 0.29) is 0 Å². The zero-order valence-corrected chi connectivity index (χ0v) is 16.7. The molecule has 0 saturated carbocycles. The Morgan fingerprint density at radius 2 is 1.57 bits per heavy atom. The van der Waals surface area contributed by atoms with Gasteiger partial charge in [-0.2, -0.15) is 0 Å². The lowest BCUT2D eigenvalue weighted by Gasteiger charge is -2.37. The predicted octanol–water partition coefficient (Wildman–Crippen LogP) is 7.46. The summed E-state index contributed by atoms with van der Waals surface area (Å²) in [5.74, 6) is 2.70. The van der Waals surface area contributed by atoms with Crippen LogP contribution in [0.15, 0.2) is 103 Å². The molecule has 0 radical (unpaired) electrons. The first-order valence-electron chi connectivity index (χ1n) is 10.6. The quantitative estimate of drug-likeness (QED) is 0.367. The minimum Gasteiger partial charge on any atom is -0.457 e. The molecule has 0 bridgehead atoms. The number of benzene rings is 4. The van der Waals surface area contributed by atoms with Crippen LogP contribution in [-0.2, 0) is 0 Å². The van der Waals surface area contributed by atoms with Crippen molar-refractivity contribution in [2.75, 3.05) is 5.32 Å². The molecule has 3 unspecified atom stereocenters. The average molecular weight is 389 g/mol. The maximum atomic E-state index is 6.10. The molecule has 4 aromatic rings. The number of ether oxygens (including phenoxy) is 1. The van der Waals surface area contributed by atoms with Gasteiger partial charge < -0.3 is 10.1 Å². The summed E-state index contributed by atoms with van der Waals surface area (Å²) in [4.78, 5) is 0. The lowest BCUT2D eigenvalue weighted by atomic mass is 9.77. The normalized spacial score (nSPS) is 21.7. The fourth-order valence-electron chi connectivity index (χ4n) is 4.99. The van der Waals surface area contributed by atoms with Gasteiger partial charge in [0.2, 0.25) is 0 Å². The van der Waals surface area contributed by atoms with Gasteiger partial charge in [0.25, 0.3) is 0 Å². The van der Waals surface area contributed by atoms with Gasteiger partial charge in [-0.3, -0.25) is 0 Å². The number of hydrogen-bond acceptors (Lipinski definition) is 2. The van der Waals surface area contributed by atoms with E-state index < -0.39 is 0 Å². The Kier molecular flexibility index (Phi) is 4.09. The molecule has 0 amide bonds. The SMILES string of the molecule is C1=CC2c3cc(Oc4ccccc4)ccc3NC(c3ccc4ccccc4c3)C2C1. The second-order valence-electron chi connectivity index (χ2n) is 8.25. The van der Waals surface area contributed by atoms with Gasteiger partial charge in [0, 0.05) is 11.6 Å². The van der Waals surface area contributed by atoms with E-state index in [1.807, 2.05) is 30.3 Å². The number of hydrogen-bond donors (Lipinski definition) is 1. The van der Waals surface area contributed by atoms with Crippen molar-refractivity contribution in [1.82, 2.24) is 0 Å². The minimum atomic E-state index is 0.308. The predicted molar refractivity (Wildman–Crippen MR) is 123 cm³/mol. The molecule has 30 heavy (non-hydrogen) atoms. The van der Waals surface area contributed by atoms with E-state index in [0.29, 0.717) is 17.9 Å². The minimum absolute atomic E-state index is 0.308. The van der Waals surface area contributed by atoms with Crippen molar-refractivity contribution in [3.05, 3.63) is 114 Å². The number of allylic oxidation sites excluding steroid dienone is 2. The molecule has 1 N–H and O–H groups in total. The summed E-state index contributed by atoms with van der Waals surface area (Å²) in [5, 5.41) is 6.44. The van der Waals surface area contributed by atoms with E-state index in [9.17, 15) is 0 Å². The van der Waals surface area contributed by atoms with Gasteiger partial charge in [0.05, 0.1) is 6.04 Å². The Labute approximate surface area is 176 Å². The average Bonchev–Trinajstić information content (AvgIpc) is 3.29. The Bertz CT molecular complexity index is 1240. The van der Waals surface area contributed by atoms with Crippen molar-refractivity contribution in [3.63, 3.8) is 0 Å². The maximum absolute atomic E-state index is 6.10. The highest BCUT2D eigenvalue weighted by atomic mass is 16.5. The smallest absolute Gasteiger partial charge is 0.127 e. The highest BCUT2D eigenvalue weighted by molar-refractivity contribution is 5.83. The molecule has 0 spiro atoms. The van der Waals surface area contributed by atoms with Crippen molar-refractivity contribution < 1.29 is 4.74 Å². The van der Waals surface area contributed by atoms with Crippen LogP contribution in [0, 0.1) is 5.92 Å². The van der Waals surface area contributed by atoms with Crippen LogP contribution < -0.4 is 10.1 Å². The fourth-order valence-corrected chi connectivity index (χ4v) is 4.99. The van der Waals surface area contributed by atoms with Crippen LogP contribution in [0.3, 0.4) is 0 Å². The van der Waals surface area contributed by atoms with Gasteiger partial charge in [-0.25, -0.2) is 0 Å². The van der Waals surface area contributed by atoms with Gasteiger partial charge in [0.15, 0.2) is 0 Å². The van der Waals surface area contributed by atoms with E-state index in [4.69, 9.17) is 4.74 Å². The largest absolute Gasteiger partial charge is 0.457 e. The molecule has 1 aliphatic carbocycles. The topological polar surface area (TPSA) is 21.3 Å². The maximum Gasteiger partial charge on any atom is 0.127 e. The van der Waals surface area contributed by atoms with Crippen molar-refractivity contribution in [1.29, 1.82) is 0 Å². The summed E-state index contributed by atoms with van der Waals surface area (Å²) in [5.41, 5.74) is 3.91. The zero-order valence-electron chi connectivity index (χ0n) is 16.7. The summed E-state index contributed by atoms with van der Waals surface area (Å²) >= 11 is 0. The first-order chi connectivity index (χ1) is 14.8. The number of nitrogens with one attached hydrogen (secondary N) is 1. The Morgan fingerprint density at radius 1 is 0.733 bits per heavy atom. The Morgan fingerprint density at radius 3 is 2.47 bits per heavy atom. The third-order valence-electron chi connectivity index (χ3n) is 6.45. The monoisotopic (exact) mass is 389 g/mol. The Hall–Kier alpha value is -3.52. The van der Waals surface area contributed by atoms with Crippen molar-refractivity contribution >= 4 is 16.5 Å². The van der Waals surface area contributed by atoms with E-state index in [2.05, 4.69) is 78.1 Å². The molecule has 6 rings (SSSR count). The van der Waals surface area contributed by atoms with Crippen LogP contribution in [-0.4, -0.2) is 0 Å². The van der Waals surface area contributed by atoms with Gasteiger partial charge >= 0.3 is 0 Å². The van der Waals surface area contributed by atoms with Gasteiger partial charge in [-0.05, 0) is 70.6 Å². The molecular formula is C28H23NO. The first kappa shape index (κ1) is 17.3. The third-order valence-corrected chi connectivity index (χ3v) is 6.45. The summed E-state index contributed by atoms with van der Waals surface area (Å²) in [6.07, 6.45) is 5.81. The van der Waals surface area contributed by atoms with Crippen LogP contribution in [0.2, 0.25) is 0 Å². The molecule has 3 atom stereocenters. The fraction of sp³-hybridized carbons (Fsp3) is 0.143. The summed E-state index contributed by atoms with van der Waals surface area (Å²) in [7, 11) is 0. The number of rotatable bonds is 3. The molecule has 0 saturated heterocycles. The van der Waals surface area contributed by atoms with Crippen molar-refractivity contribution in [2.24, 2.45) is 5.92 Å². The number of fused-ring (bicyclic) bond motifs is 4. The van der Waals surface area contributed by atoms with E-state index >= 15 is 0 Å². The highest BCUT2D eigenvalue weighted by Crippen LogP contribution is 2.50. The summed E-state index contributed by atoms with van der Waals surface area (Å²) in [6.45, 7) is 0. The molecule has 1 heterocycles. The molecule has 2 heteroatoms. The summed E-state index contributed by atoms with van der Waals surface area (Å²) < 4.78 is 6.10. The molecular weight excluding hydrogens is 366 g/mol. The number of anilines is 1. The van der Waals surface area contributed by atoms with E-state index in [1.54, 1.807) is 0 Å². The molecule has 0 aromatic heterocycles.